The normalized spacial score (nSPS) is 21.3. The molecule has 2 atom stereocenters. The minimum atomic E-state index is 0.149. The van der Waals surface area contributed by atoms with Crippen LogP contribution in [0.3, 0.4) is 0 Å². The van der Waals surface area contributed by atoms with E-state index in [-0.39, 0.29) is 12.1 Å². The molecule has 2 aromatic rings. The predicted octanol–water partition coefficient (Wildman–Crippen LogP) is 3.99. The highest BCUT2D eigenvalue weighted by Gasteiger charge is 2.29. The number of rotatable bonds is 3. The number of halogens is 1. The molecule has 1 aliphatic rings. The number of aryl methyl sites for hydroxylation is 1. The summed E-state index contributed by atoms with van der Waals surface area (Å²) in [4.78, 5) is 0. The molecular weight excluding hydrogens is 270 g/mol. The van der Waals surface area contributed by atoms with E-state index in [0.29, 0.717) is 0 Å². The van der Waals surface area contributed by atoms with E-state index >= 15 is 0 Å². The molecule has 0 amide bonds. The molecule has 0 fully saturated rings. The van der Waals surface area contributed by atoms with Gasteiger partial charge in [0.05, 0.1) is 6.04 Å². The standard InChI is InChI=1S/C17H18ClNO/c1-19-17-15-5-3-2-4-12(15)6-11-16(17)20-14-9-7-13(18)8-10-14/h2-5,7-10,16-17,19H,6,11H2,1H3. The molecule has 20 heavy (non-hydrogen) atoms. The van der Waals surface area contributed by atoms with Gasteiger partial charge in [-0.2, -0.15) is 0 Å². The van der Waals surface area contributed by atoms with E-state index in [2.05, 4.69) is 29.6 Å². The number of hydrogen-bond acceptors (Lipinski definition) is 2. The fourth-order valence-corrected chi connectivity index (χ4v) is 3.01. The van der Waals surface area contributed by atoms with Gasteiger partial charge in [-0.05, 0) is 55.3 Å². The van der Waals surface area contributed by atoms with Crippen molar-refractivity contribution in [3.8, 4) is 5.75 Å². The Balaban J connectivity index is 1.82. The lowest BCUT2D eigenvalue weighted by Gasteiger charge is -2.33. The van der Waals surface area contributed by atoms with Gasteiger partial charge in [0.1, 0.15) is 11.9 Å². The first-order valence-electron chi connectivity index (χ1n) is 6.95. The highest BCUT2D eigenvalue weighted by Crippen LogP contribution is 2.32. The molecule has 3 heteroatoms. The summed E-state index contributed by atoms with van der Waals surface area (Å²) in [6.07, 6.45) is 2.23. The first-order valence-corrected chi connectivity index (χ1v) is 7.33. The first-order chi connectivity index (χ1) is 9.78. The summed E-state index contributed by atoms with van der Waals surface area (Å²) >= 11 is 5.91. The fraction of sp³-hybridized carbons (Fsp3) is 0.294. The second kappa shape index (κ2) is 5.86. The molecule has 3 rings (SSSR count). The van der Waals surface area contributed by atoms with Crippen LogP contribution in [0.5, 0.6) is 5.75 Å². The van der Waals surface area contributed by atoms with Crippen molar-refractivity contribution < 1.29 is 4.74 Å². The maximum Gasteiger partial charge on any atom is 0.119 e. The minimum absolute atomic E-state index is 0.149. The van der Waals surface area contributed by atoms with Crippen LogP contribution in [-0.2, 0) is 6.42 Å². The van der Waals surface area contributed by atoms with Crippen LogP contribution in [0.2, 0.25) is 5.02 Å². The van der Waals surface area contributed by atoms with Gasteiger partial charge in [-0.1, -0.05) is 35.9 Å². The van der Waals surface area contributed by atoms with Gasteiger partial charge in [-0.25, -0.2) is 0 Å². The quantitative estimate of drug-likeness (QED) is 0.921. The lowest BCUT2D eigenvalue weighted by atomic mass is 9.85. The number of ether oxygens (including phenoxy) is 1. The van der Waals surface area contributed by atoms with Crippen molar-refractivity contribution in [3.63, 3.8) is 0 Å². The lowest BCUT2D eigenvalue weighted by Crippen LogP contribution is -2.37. The summed E-state index contributed by atoms with van der Waals surface area (Å²) < 4.78 is 6.15. The van der Waals surface area contributed by atoms with Crippen molar-refractivity contribution >= 4 is 11.6 Å². The lowest BCUT2D eigenvalue weighted by molar-refractivity contribution is 0.139. The van der Waals surface area contributed by atoms with E-state index in [4.69, 9.17) is 16.3 Å². The van der Waals surface area contributed by atoms with Crippen molar-refractivity contribution in [3.05, 3.63) is 64.7 Å². The summed E-state index contributed by atoms with van der Waals surface area (Å²) in [6.45, 7) is 0. The molecule has 1 aliphatic carbocycles. The van der Waals surface area contributed by atoms with Crippen LogP contribution in [-0.4, -0.2) is 13.2 Å². The average Bonchev–Trinajstić information content (AvgIpc) is 2.49. The molecule has 0 aromatic heterocycles. The van der Waals surface area contributed by atoms with Crippen LogP contribution in [0.15, 0.2) is 48.5 Å². The Kier molecular flexibility index (Phi) is 3.95. The summed E-state index contributed by atoms with van der Waals surface area (Å²) in [5.41, 5.74) is 2.77. The molecule has 1 N–H and O–H groups in total. The maximum atomic E-state index is 6.15. The van der Waals surface area contributed by atoms with Crippen molar-refractivity contribution in [1.29, 1.82) is 0 Å². The van der Waals surface area contributed by atoms with Crippen molar-refractivity contribution in [2.45, 2.75) is 25.0 Å². The SMILES string of the molecule is CNC1c2ccccc2CCC1Oc1ccc(Cl)cc1. The molecule has 0 bridgehead atoms. The van der Waals surface area contributed by atoms with Gasteiger partial charge >= 0.3 is 0 Å². The molecule has 0 heterocycles. The summed E-state index contributed by atoms with van der Waals surface area (Å²) in [6, 6.07) is 16.4. The van der Waals surface area contributed by atoms with Gasteiger partial charge in [0.25, 0.3) is 0 Å². The molecule has 2 nitrogen and oxygen atoms in total. The van der Waals surface area contributed by atoms with E-state index in [1.807, 2.05) is 31.3 Å². The largest absolute Gasteiger partial charge is 0.488 e. The molecule has 0 radical (unpaired) electrons. The Morgan fingerprint density at radius 2 is 1.85 bits per heavy atom. The third-order valence-electron chi connectivity index (χ3n) is 3.87. The molecule has 104 valence electrons. The predicted molar refractivity (Wildman–Crippen MR) is 82.4 cm³/mol. The zero-order valence-electron chi connectivity index (χ0n) is 11.5. The smallest absolute Gasteiger partial charge is 0.119 e. The summed E-state index contributed by atoms with van der Waals surface area (Å²) in [5, 5.41) is 4.12. The third-order valence-corrected chi connectivity index (χ3v) is 4.12. The van der Waals surface area contributed by atoms with Crippen molar-refractivity contribution in [2.75, 3.05) is 7.05 Å². The van der Waals surface area contributed by atoms with Crippen LogP contribution >= 0.6 is 11.6 Å². The monoisotopic (exact) mass is 287 g/mol. The molecule has 0 aliphatic heterocycles. The van der Waals surface area contributed by atoms with E-state index in [0.717, 1.165) is 23.6 Å². The Labute approximate surface area is 124 Å². The number of fused-ring (bicyclic) bond motifs is 1. The van der Waals surface area contributed by atoms with Gasteiger partial charge in [-0.15, -0.1) is 0 Å². The van der Waals surface area contributed by atoms with E-state index < -0.39 is 0 Å². The summed E-state index contributed by atoms with van der Waals surface area (Å²) in [5.74, 6) is 0.874. The summed E-state index contributed by atoms with van der Waals surface area (Å²) in [7, 11) is 1.99. The topological polar surface area (TPSA) is 21.3 Å². The molecule has 0 saturated heterocycles. The number of likely N-dealkylation sites (N-methyl/N-ethyl adjacent to an activating group) is 1. The zero-order valence-corrected chi connectivity index (χ0v) is 12.2. The van der Waals surface area contributed by atoms with Crippen molar-refractivity contribution in [1.82, 2.24) is 5.32 Å². The number of benzene rings is 2. The molecule has 0 spiro atoms. The fourth-order valence-electron chi connectivity index (χ4n) is 2.89. The Morgan fingerprint density at radius 1 is 1.10 bits per heavy atom. The maximum absolute atomic E-state index is 6.15. The van der Waals surface area contributed by atoms with Gasteiger partial charge in [0.15, 0.2) is 0 Å². The van der Waals surface area contributed by atoms with Gasteiger partial charge < -0.3 is 10.1 Å². The average molecular weight is 288 g/mol. The van der Waals surface area contributed by atoms with Gasteiger partial charge in [-0.3, -0.25) is 0 Å². The Morgan fingerprint density at radius 3 is 2.60 bits per heavy atom. The van der Waals surface area contributed by atoms with Gasteiger partial charge in [0, 0.05) is 5.02 Å². The molecule has 2 unspecified atom stereocenters. The molecule has 2 aromatic carbocycles. The molecule has 0 saturated carbocycles. The van der Waals surface area contributed by atoms with E-state index in [1.54, 1.807) is 0 Å². The van der Waals surface area contributed by atoms with Crippen molar-refractivity contribution in [2.24, 2.45) is 0 Å². The highest BCUT2D eigenvalue weighted by molar-refractivity contribution is 6.30. The van der Waals surface area contributed by atoms with Crippen LogP contribution < -0.4 is 10.1 Å². The number of nitrogens with one attached hydrogen (secondary N) is 1. The minimum Gasteiger partial charge on any atom is -0.488 e. The highest BCUT2D eigenvalue weighted by atomic mass is 35.5. The van der Waals surface area contributed by atoms with Crippen LogP contribution in [0, 0.1) is 0 Å². The van der Waals surface area contributed by atoms with E-state index in [1.165, 1.54) is 11.1 Å². The third kappa shape index (κ3) is 2.67. The second-order valence-corrected chi connectivity index (χ2v) is 5.55. The zero-order chi connectivity index (χ0) is 13.9. The van der Waals surface area contributed by atoms with Crippen LogP contribution in [0.4, 0.5) is 0 Å². The Bertz CT molecular complexity index is 582. The Hall–Kier alpha value is -1.51. The van der Waals surface area contributed by atoms with Crippen LogP contribution in [0.25, 0.3) is 0 Å². The molecular formula is C17H18ClNO. The first kappa shape index (κ1) is 13.5. The van der Waals surface area contributed by atoms with Crippen LogP contribution in [0.1, 0.15) is 23.6 Å². The number of hydrogen-bond donors (Lipinski definition) is 1. The van der Waals surface area contributed by atoms with Gasteiger partial charge in [0.2, 0.25) is 0 Å². The van der Waals surface area contributed by atoms with E-state index in [9.17, 15) is 0 Å². The second-order valence-electron chi connectivity index (χ2n) is 5.11.